The molecule has 0 spiro atoms. The molecule has 2 unspecified atom stereocenters. The van der Waals surface area contributed by atoms with E-state index in [-0.39, 0.29) is 0 Å². The Morgan fingerprint density at radius 2 is 2.15 bits per heavy atom. The number of nitrogens with zero attached hydrogens (tertiary/aromatic N) is 2. The van der Waals surface area contributed by atoms with Gasteiger partial charge in [0, 0.05) is 10.5 Å². The zero-order chi connectivity index (χ0) is 13.7. The molecule has 1 saturated carbocycles. The number of piperidine rings is 1. The molecule has 3 nitrogen and oxygen atoms in total. The van der Waals surface area contributed by atoms with Crippen LogP contribution >= 0.6 is 15.9 Å². The monoisotopic (exact) mass is 333 g/mol. The average molecular weight is 334 g/mol. The molecule has 0 bridgehead atoms. The highest BCUT2D eigenvalue weighted by atomic mass is 79.9. The van der Waals surface area contributed by atoms with Crippen molar-refractivity contribution in [3.63, 3.8) is 0 Å². The number of rotatable bonds is 2. The first-order valence-corrected chi connectivity index (χ1v) is 8.44. The van der Waals surface area contributed by atoms with Crippen LogP contribution in [-0.2, 0) is 0 Å². The number of halogens is 1. The molecule has 1 N–H and O–H groups in total. The van der Waals surface area contributed by atoms with Crippen LogP contribution in [0.25, 0.3) is 11.0 Å². The summed E-state index contributed by atoms with van der Waals surface area (Å²) in [7, 11) is 0. The summed E-state index contributed by atoms with van der Waals surface area (Å²) in [6.45, 7) is 3.47. The van der Waals surface area contributed by atoms with Gasteiger partial charge in [0.05, 0.1) is 17.1 Å². The molecule has 20 heavy (non-hydrogen) atoms. The van der Waals surface area contributed by atoms with Crippen LogP contribution in [-0.4, -0.2) is 16.1 Å². The first-order chi connectivity index (χ1) is 9.74. The van der Waals surface area contributed by atoms with Gasteiger partial charge in [-0.25, -0.2) is 4.98 Å². The van der Waals surface area contributed by atoms with E-state index in [0.29, 0.717) is 18.0 Å². The summed E-state index contributed by atoms with van der Waals surface area (Å²) in [5, 5.41) is 3.69. The van der Waals surface area contributed by atoms with Gasteiger partial charge in [0.1, 0.15) is 5.82 Å². The molecule has 1 aromatic carbocycles. The van der Waals surface area contributed by atoms with Crippen LogP contribution in [0, 0.1) is 5.92 Å². The van der Waals surface area contributed by atoms with Gasteiger partial charge in [0.2, 0.25) is 0 Å². The maximum atomic E-state index is 4.98. The normalized spacial score (nSPS) is 27.1. The summed E-state index contributed by atoms with van der Waals surface area (Å²) < 4.78 is 3.61. The average Bonchev–Trinajstić information content (AvgIpc) is 3.20. The summed E-state index contributed by atoms with van der Waals surface area (Å²) in [4.78, 5) is 4.98. The standard InChI is InChI=1S/C16H20BrN3/c1-10-3-2-8-18-15(10)16-19-13-9-11(17)4-7-14(13)20(16)12-5-6-12/h4,7,9-10,12,15,18H,2-3,5-6,8H2,1H3. The van der Waals surface area contributed by atoms with Gasteiger partial charge in [-0.05, 0) is 56.3 Å². The van der Waals surface area contributed by atoms with Gasteiger partial charge >= 0.3 is 0 Å². The molecule has 2 aliphatic rings. The van der Waals surface area contributed by atoms with Gasteiger partial charge in [0.15, 0.2) is 0 Å². The van der Waals surface area contributed by atoms with Crippen LogP contribution in [0.1, 0.15) is 50.5 Å². The van der Waals surface area contributed by atoms with Crippen LogP contribution < -0.4 is 5.32 Å². The molecule has 2 fully saturated rings. The molecule has 4 heteroatoms. The molecular weight excluding hydrogens is 314 g/mol. The van der Waals surface area contributed by atoms with Crippen LogP contribution in [0.5, 0.6) is 0 Å². The Morgan fingerprint density at radius 3 is 2.90 bits per heavy atom. The molecule has 0 amide bonds. The molecule has 106 valence electrons. The maximum absolute atomic E-state index is 4.98. The molecule has 0 radical (unpaired) electrons. The highest BCUT2D eigenvalue weighted by molar-refractivity contribution is 9.10. The number of fused-ring (bicyclic) bond motifs is 1. The van der Waals surface area contributed by atoms with Crippen molar-refractivity contribution >= 4 is 27.0 Å². The van der Waals surface area contributed by atoms with E-state index in [1.165, 1.54) is 37.0 Å². The zero-order valence-electron chi connectivity index (χ0n) is 11.8. The van der Waals surface area contributed by atoms with Gasteiger partial charge in [0.25, 0.3) is 0 Å². The highest BCUT2D eigenvalue weighted by Gasteiger charge is 2.33. The van der Waals surface area contributed by atoms with Gasteiger partial charge in [-0.2, -0.15) is 0 Å². The summed E-state index contributed by atoms with van der Waals surface area (Å²) in [6, 6.07) is 7.57. The second kappa shape index (κ2) is 4.85. The quantitative estimate of drug-likeness (QED) is 0.892. The largest absolute Gasteiger partial charge is 0.324 e. The summed E-state index contributed by atoms with van der Waals surface area (Å²) in [6.07, 6.45) is 5.19. The number of hydrogen-bond donors (Lipinski definition) is 1. The number of hydrogen-bond acceptors (Lipinski definition) is 2. The second-order valence-corrected chi connectivity index (χ2v) is 7.17. The van der Waals surface area contributed by atoms with Gasteiger partial charge in [-0.3, -0.25) is 0 Å². The lowest BCUT2D eigenvalue weighted by molar-refractivity contribution is 0.289. The lowest BCUT2D eigenvalue weighted by atomic mass is 9.92. The van der Waals surface area contributed by atoms with Crippen molar-refractivity contribution in [3.8, 4) is 0 Å². The molecular formula is C16H20BrN3. The van der Waals surface area contributed by atoms with E-state index in [1.54, 1.807) is 0 Å². The first kappa shape index (κ1) is 12.8. The van der Waals surface area contributed by atoms with Gasteiger partial charge < -0.3 is 9.88 Å². The number of benzene rings is 1. The van der Waals surface area contributed by atoms with Crippen molar-refractivity contribution in [2.45, 2.75) is 44.7 Å². The fraction of sp³-hybridized carbons (Fsp3) is 0.562. The third-order valence-electron chi connectivity index (χ3n) is 4.64. The third-order valence-corrected chi connectivity index (χ3v) is 5.13. The fourth-order valence-electron chi connectivity index (χ4n) is 3.42. The van der Waals surface area contributed by atoms with E-state index in [4.69, 9.17) is 4.98 Å². The van der Waals surface area contributed by atoms with Crippen molar-refractivity contribution in [1.29, 1.82) is 0 Å². The fourth-order valence-corrected chi connectivity index (χ4v) is 3.77. The van der Waals surface area contributed by atoms with Crippen LogP contribution in [0.15, 0.2) is 22.7 Å². The summed E-state index contributed by atoms with van der Waals surface area (Å²) in [5.41, 5.74) is 2.42. The van der Waals surface area contributed by atoms with Crippen molar-refractivity contribution in [2.24, 2.45) is 5.92 Å². The Hall–Kier alpha value is -0.870. The summed E-state index contributed by atoms with van der Waals surface area (Å²) >= 11 is 3.56. The smallest absolute Gasteiger partial charge is 0.127 e. The van der Waals surface area contributed by atoms with E-state index >= 15 is 0 Å². The topological polar surface area (TPSA) is 29.9 Å². The first-order valence-electron chi connectivity index (χ1n) is 7.65. The minimum atomic E-state index is 0.413. The molecule has 1 aliphatic heterocycles. The Balaban J connectivity index is 1.86. The van der Waals surface area contributed by atoms with Gasteiger partial charge in [-0.1, -0.05) is 22.9 Å². The summed E-state index contributed by atoms with van der Waals surface area (Å²) in [5.74, 6) is 1.93. The minimum absolute atomic E-state index is 0.413. The predicted molar refractivity (Wildman–Crippen MR) is 84.8 cm³/mol. The zero-order valence-corrected chi connectivity index (χ0v) is 13.4. The van der Waals surface area contributed by atoms with Crippen molar-refractivity contribution in [3.05, 3.63) is 28.5 Å². The van der Waals surface area contributed by atoms with E-state index in [0.717, 1.165) is 16.5 Å². The van der Waals surface area contributed by atoms with E-state index in [9.17, 15) is 0 Å². The molecule has 1 saturated heterocycles. The van der Waals surface area contributed by atoms with Crippen LogP contribution in [0.3, 0.4) is 0 Å². The lowest BCUT2D eigenvalue weighted by Crippen LogP contribution is -2.34. The second-order valence-electron chi connectivity index (χ2n) is 6.26. The van der Waals surface area contributed by atoms with Crippen molar-refractivity contribution < 1.29 is 0 Å². The molecule has 1 aromatic heterocycles. The lowest BCUT2D eigenvalue weighted by Gasteiger charge is -2.30. The number of aromatic nitrogens is 2. The third kappa shape index (κ3) is 2.09. The van der Waals surface area contributed by atoms with E-state index in [2.05, 4.69) is 50.9 Å². The van der Waals surface area contributed by atoms with Crippen LogP contribution in [0.4, 0.5) is 0 Å². The molecule has 1 aliphatic carbocycles. The number of imidazole rings is 1. The molecule has 4 rings (SSSR count). The van der Waals surface area contributed by atoms with Crippen molar-refractivity contribution in [2.75, 3.05) is 6.54 Å². The van der Waals surface area contributed by atoms with Crippen LogP contribution in [0.2, 0.25) is 0 Å². The Kier molecular flexibility index (Phi) is 3.11. The van der Waals surface area contributed by atoms with Crippen molar-refractivity contribution in [1.82, 2.24) is 14.9 Å². The Bertz CT molecular complexity index is 644. The van der Waals surface area contributed by atoms with E-state index < -0.39 is 0 Å². The molecule has 2 heterocycles. The highest BCUT2D eigenvalue weighted by Crippen LogP contribution is 2.42. The molecule has 2 aromatic rings. The Labute approximate surface area is 127 Å². The van der Waals surface area contributed by atoms with E-state index in [1.807, 2.05) is 0 Å². The predicted octanol–water partition coefficient (Wildman–Crippen LogP) is 4.19. The SMILES string of the molecule is CC1CCCNC1c1nc2cc(Br)ccc2n1C1CC1. The Morgan fingerprint density at radius 1 is 1.30 bits per heavy atom. The minimum Gasteiger partial charge on any atom is -0.324 e. The van der Waals surface area contributed by atoms with Gasteiger partial charge in [-0.15, -0.1) is 0 Å². The maximum Gasteiger partial charge on any atom is 0.127 e. The number of nitrogens with one attached hydrogen (secondary N) is 1. The molecule has 2 atom stereocenters.